The van der Waals surface area contributed by atoms with E-state index < -0.39 is 11.9 Å². The molecule has 0 aliphatic carbocycles. The molecule has 0 spiro atoms. The first kappa shape index (κ1) is 13.6. The van der Waals surface area contributed by atoms with Crippen LogP contribution in [0.3, 0.4) is 0 Å². The van der Waals surface area contributed by atoms with Crippen molar-refractivity contribution in [1.29, 1.82) is 0 Å². The van der Waals surface area contributed by atoms with Gasteiger partial charge >= 0.3 is 5.97 Å². The molecule has 3 N–H and O–H groups in total. The Morgan fingerprint density at radius 1 is 1.65 bits per heavy atom. The maximum atomic E-state index is 11.1. The fraction of sp³-hybridized carbons (Fsp3) is 0.727. The second kappa shape index (κ2) is 7.01. The number of nitrogens with two attached hydrogens (primary N) is 1. The Labute approximate surface area is 101 Å². The quantitative estimate of drug-likeness (QED) is 0.696. The predicted molar refractivity (Wildman–Crippen MR) is 63.4 cm³/mol. The zero-order valence-electron chi connectivity index (χ0n) is 10.2. The van der Waals surface area contributed by atoms with Crippen LogP contribution in [0.2, 0.25) is 0 Å². The van der Waals surface area contributed by atoms with Crippen LogP contribution in [0.25, 0.3) is 0 Å². The third kappa shape index (κ3) is 4.14. The van der Waals surface area contributed by atoms with Crippen LogP contribution in [0.1, 0.15) is 32.0 Å². The number of rotatable bonds is 8. The van der Waals surface area contributed by atoms with Crippen molar-refractivity contribution in [3.05, 3.63) is 12.2 Å². The maximum absolute atomic E-state index is 11.1. The first-order valence-electron chi connectivity index (χ1n) is 5.98. The van der Waals surface area contributed by atoms with E-state index in [4.69, 9.17) is 10.8 Å². The molecule has 0 bridgehead atoms. The molecule has 0 radical (unpaired) electrons. The first-order valence-corrected chi connectivity index (χ1v) is 5.98. The fourth-order valence-electron chi connectivity index (χ4n) is 1.74. The average molecular weight is 240 g/mol. The number of hydrogen-bond acceptors (Lipinski definition) is 4. The number of aliphatic carboxylic acids is 1. The lowest BCUT2D eigenvalue weighted by molar-refractivity contribution is -0.142. The highest BCUT2D eigenvalue weighted by atomic mass is 16.4. The van der Waals surface area contributed by atoms with E-state index in [1.807, 2.05) is 0 Å². The Balaban J connectivity index is 2.64. The average Bonchev–Trinajstić information content (AvgIpc) is 2.72. The van der Waals surface area contributed by atoms with E-state index in [1.165, 1.54) is 6.33 Å². The van der Waals surface area contributed by atoms with Crippen LogP contribution < -0.4 is 5.73 Å². The standard InChI is InChI=1S/C11H20N4O2/c1-2-6-15-10(13-8-14-15)7-9(11(16)17)4-3-5-12/h8-9H,2-7,12H2,1H3,(H,16,17). The number of nitrogens with zero attached hydrogens (tertiary/aromatic N) is 3. The lowest BCUT2D eigenvalue weighted by atomic mass is 9.99. The lowest BCUT2D eigenvalue weighted by Gasteiger charge is -2.11. The summed E-state index contributed by atoms with van der Waals surface area (Å²) in [4.78, 5) is 15.2. The molecule has 17 heavy (non-hydrogen) atoms. The highest BCUT2D eigenvalue weighted by molar-refractivity contribution is 5.70. The van der Waals surface area contributed by atoms with E-state index in [2.05, 4.69) is 17.0 Å². The van der Waals surface area contributed by atoms with Gasteiger partial charge in [-0.1, -0.05) is 6.92 Å². The van der Waals surface area contributed by atoms with Gasteiger partial charge in [0, 0.05) is 13.0 Å². The largest absolute Gasteiger partial charge is 0.481 e. The summed E-state index contributed by atoms with van der Waals surface area (Å²) >= 11 is 0. The van der Waals surface area contributed by atoms with Gasteiger partial charge in [-0.15, -0.1) is 0 Å². The molecule has 6 nitrogen and oxygen atoms in total. The maximum Gasteiger partial charge on any atom is 0.306 e. The van der Waals surface area contributed by atoms with Gasteiger partial charge in [0.2, 0.25) is 0 Å². The van der Waals surface area contributed by atoms with Crippen molar-refractivity contribution < 1.29 is 9.90 Å². The summed E-state index contributed by atoms with van der Waals surface area (Å²) in [6, 6.07) is 0. The van der Waals surface area contributed by atoms with E-state index in [1.54, 1.807) is 4.68 Å². The third-order valence-electron chi connectivity index (χ3n) is 2.67. The van der Waals surface area contributed by atoms with Gasteiger partial charge in [0.25, 0.3) is 0 Å². The Bertz CT molecular complexity index is 351. The summed E-state index contributed by atoms with van der Waals surface area (Å²) in [7, 11) is 0. The summed E-state index contributed by atoms with van der Waals surface area (Å²) in [5.74, 6) is -0.459. The second-order valence-corrected chi connectivity index (χ2v) is 4.07. The number of aromatic nitrogens is 3. The highest BCUT2D eigenvalue weighted by Gasteiger charge is 2.20. The van der Waals surface area contributed by atoms with Crippen LogP contribution in [-0.4, -0.2) is 32.4 Å². The number of hydrogen-bond donors (Lipinski definition) is 2. The first-order chi connectivity index (χ1) is 8.19. The molecular weight excluding hydrogens is 220 g/mol. The molecule has 1 unspecified atom stereocenters. The molecule has 1 rings (SSSR count). The third-order valence-corrected chi connectivity index (χ3v) is 2.67. The van der Waals surface area contributed by atoms with Gasteiger partial charge in [-0.3, -0.25) is 9.48 Å². The molecule has 1 heterocycles. The smallest absolute Gasteiger partial charge is 0.306 e. The Morgan fingerprint density at radius 3 is 3.00 bits per heavy atom. The molecule has 0 saturated carbocycles. The number of carboxylic acids is 1. The normalized spacial score (nSPS) is 12.6. The molecule has 1 atom stereocenters. The molecule has 6 heteroatoms. The van der Waals surface area contributed by atoms with Gasteiger partial charge in [-0.05, 0) is 25.8 Å². The van der Waals surface area contributed by atoms with Gasteiger partial charge in [-0.25, -0.2) is 4.98 Å². The van der Waals surface area contributed by atoms with Crippen LogP contribution in [0, 0.1) is 5.92 Å². The minimum Gasteiger partial charge on any atom is -0.481 e. The van der Waals surface area contributed by atoms with Crippen molar-refractivity contribution in [2.24, 2.45) is 11.7 Å². The van der Waals surface area contributed by atoms with Crippen LogP contribution in [0.5, 0.6) is 0 Å². The SMILES string of the molecule is CCCn1ncnc1CC(CCCN)C(=O)O. The molecule has 1 aromatic rings. The van der Waals surface area contributed by atoms with Crippen LogP contribution >= 0.6 is 0 Å². The Hall–Kier alpha value is -1.43. The molecule has 1 aromatic heterocycles. The molecule has 0 aromatic carbocycles. The van der Waals surface area contributed by atoms with E-state index in [9.17, 15) is 4.79 Å². The van der Waals surface area contributed by atoms with Crippen LogP contribution in [0.4, 0.5) is 0 Å². The summed E-state index contributed by atoms with van der Waals surface area (Å²) < 4.78 is 1.78. The van der Waals surface area contributed by atoms with Crippen molar-refractivity contribution in [3.8, 4) is 0 Å². The highest BCUT2D eigenvalue weighted by Crippen LogP contribution is 2.13. The second-order valence-electron chi connectivity index (χ2n) is 4.07. The molecule has 0 aliphatic rings. The number of carboxylic acid groups (broad SMARTS) is 1. The number of aryl methyl sites for hydroxylation is 1. The van der Waals surface area contributed by atoms with Gasteiger partial charge in [-0.2, -0.15) is 5.10 Å². The zero-order valence-corrected chi connectivity index (χ0v) is 10.2. The van der Waals surface area contributed by atoms with Gasteiger partial charge in [0.15, 0.2) is 0 Å². The van der Waals surface area contributed by atoms with E-state index in [0.29, 0.717) is 19.4 Å². The van der Waals surface area contributed by atoms with Crippen LogP contribution in [-0.2, 0) is 17.8 Å². The zero-order chi connectivity index (χ0) is 12.7. The monoisotopic (exact) mass is 240 g/mol. The molecule has 96 valence electrons. The summed E-state index contributed by atoms with van der Waals surface area (Å²) in [5, 5.41) is 13.2. The molecule has 0 amide bonds. The van der Waals surface area contributed by atoms with Gasteiger partial charge < -0.3 is 10.8 Å². The summed E-state index contributed by atoms with van der Waals surface area (Å²) in [6.45, 7) is 3.35. The van der Waals surface area contributed by atoms with E-state index >= 15 is 0 Å². The minimum absolute atomic E-state index is 0.418. The summed E-state index contributed by atoms with van der Waals surface area (Å²) in [6.07, 6.45) is 4.17. The Morgan fingerprint density at radius 2 is 2.41 bits per heavy atom. The molecule has 0 saturated heterocycles. The Kier molecular flexibility index (Phi) is 5.62. The van der Waals surface area contributed by atoms with E-state index in [-0.39, 0.29) is 0 Å². The van der Waals surface area contributed by atoms with Crippen molar-refractivity contribution in [1.82, 2.24) is 14.8 Å². The molecule has 0 aliphatic heterocycles. The number of carbonyl (C=O) groups is 1. The van der Waals surface area contributed by atoms with Crippen molar-refractivity contribution in [2.75, 3.05) is 6.54 Å². The fourth-order valence-corrected chi connectivity index (χ4v) is 1.74. The van der Waals surface area contributed by atoms with Gasteiger partial charge in [0.1, 0.15) is 12.2 Å². The summed E-state index contributed by atoms with van der Waals surface area (Å²) in [5.41, 5.74) is 5.40. The molecule has 0 fully saturated rings. The van der Waals surface area contributed by atoms with E-state index in [0.717, 1.165) is 25.2 Å². The topological polar surface area (TPSA) is 94.0 Å². The van der Waals surface area contributed by atoms with Crippen molar-refractivity contribution >= 4 is 5.97 Å². The minimum atomic E-state index is -0.788. The predicted octanol–water partition coefficient (Wildman–Crippen LogP) is 0.670. The lowest BCUT2D eigenvalue weighted by Crippen LogP contribution is -2.20. The van der Waals surface area contributed by atoms with Crippen molar-refractivity contribution in [2.45, 2.75) is 39.2 Å². The van der Waals surface area contributed by atoms with Crippen LogP contribution in [0.15, 0.2) is 6.33 Å². The van der Waals surface area contributed by atoms with Crippen molar-refractivity contribution in [3.63, 3.8) is 0 Å². The molecular formula is C11H20N4O2. The van der Waals surface area contributed by atoms with Gasteiger partial charge in [0.05, 0.1) is 5.92 Å².